The number of hydrogen-bond donors (Lipinski definition) is 1. The van der Waals surface area contributed by atoms with Crippen LogP contribution in [-0.4, -0.2) is 45.5 Å². The minimum atomic E-state index is -0.626. The van der Waals surface area contributed by atoms with Crippen LogP contribution in [0.25, 0.3) is 0 Å². The molecular weight excluding hydrogens is 428 g/mol. The van der Waals surface area contributed by atoms with Gasteiger partial charge in [0.15, 0.2) is 0 Å². The van der Waals surface area contributed by atoms with Crippen LogP contribution in [0.1, 0.15) is 71.6 Å². The summed E-state index contributed by atoms with van der Waals surface area (Å²) in [6.07, 6.45) is 17.6. The molecule has 8 atom stereocenters. The first kappa shape index (κ1) is 22.8. The third kappa shape index (κ3) is 3.35. The molecule has 6 rings (SSSR count). The molecule has 6 nitrogen and oxygen atoms in total. The number of imidazole rings is 1. The summed E-state index contributed by atoms with van der Waals surface area (Å²) in [5.41, 5.74) is 0.646. The smallest absolute Gasteiger partial charge is 0.331 e. The lowest BCUT2D eigenvalue weighted by molar-refractivity contribution is -0.209. The fraction of sp³-hybridized carbons (Fsp3) is 0.786. The molecule has 4 saturated carbocycles. The summed E-state index contributed by atoms with van der Waals surface area (Å²) in [6.45, 7) is 6.87. The fourth-order valence-corrected chi connectivity index (χ4v) is 9.27. The summed E-state index contributed by atoms with van der Waals surface area (Å²) in [7, 11) is 0. The zero-order valence-electron chi connectivity index (χ0n) is 20.7. The maximum Gasteiger partial charge on any atom is 0.331 e. The van der Waals surface area contributed by atoms with E-state index in [2.05, 4.69) is 23.4 Å². The zero-order chi connectivity index (χ0) is 23.6. The van der Waals surface area contributed by atoms with Crippen LogP contribution in [-0.2, 0) is 20.8 Å². The van der Waals surface area contributed by atoms with Crippen molar-refractivity contribution in [3.63, 3.8) is 0 Å². The second kappa shape index (κ2) is 8.19. The number of carbonyl (C=O) groups is 1. The molecule has 1 aromatic heterocycles. The van der Waals surface area contributed by atoms with Gasteiger partial charge in [0.1, 0.15) is 6.61 Å². The van der Waals surface area contributed by atoms with Gasteiger partial charge in [-0.3, -0.25) is 0 Å². The molecule has 0 amide bonds. The second-order valence-corrected chi connectivity index (χ2v) is 12.4. The molecule has 5 aliphatic rings. The molecule has 0 radical (unpaired) electrons. The van der Waals surface area contributed by atoms with E-state index in [4.69, 9.17) is 9.47 Å². The van der Waals surface area contributed by atoms with E-state index in [1.807, 2.05) is 18.7 Å². The Kier molecular flexibility index (Phi) is 5.49. The standard InChI is InChI=1S/C28H40N2O4/c1-26-8-5-21(33-14-13-30-12-11-29-18-30)16-20(26)3-4-24-23(26)6-9-27(2)22(7-10-28(24,27)32)19-15-25(31)34-17-19/h11-12,15,18,20-24,32H,3-10,13-14,16-17H2,1-2H3/t20-,21+,22-,23+,24-,26+,27-,28+/m1/s1. The van der Waals surface area contributed by atoms with Crippen molar-refractivity contribution in [1.29, 1.82) is 0 Å². The van der Waals surface area contributed by atoms with Gasteiger partial charge in [0.2, 0.25) is 0 Å². The Hall–Kier alpha value is -1.66. The van der Waals surface area contributed by atoms with Gasteiger partial charge in [0.25, 0.3) is 0 Å². The van der Waals surface area contributed by atoms with E-state index in [1.165, 1.54) is 19.3 Å². The number of aliphatic hydroxyl groups is 1. The van der Waals surface area contributed by atoms with Crippen LogP contribution in [0.15, 0.2) is 30.4 Å². The molecule has 0 unspecified atom stereocenters. The SMILES string of the molecule is C[C@]12CC[C@H](OCCn3ccnc3)C[C@H]1CC[C@@H]1[C@@H]2CC[C@]2(C)[C@@H](C3=CC(=O)OC3)CC[C@]12O. The highest BCUT2D eigenvalue weighted by molar-refractivity contribution is 5.85. The van der Waals surface area contributed by atoms with Crippen LogP contribution < -0.4 is 0 Å². The molecule has 0 bridgehead atoms. The normalized spacial score (nSPS) is 45.8. The van der Waals surface area contributed by atoms with Gasteiger partial charge >= 0.3 is 5.97 Å². The van der Waals surface area contributed by atoms with Crippen LogP contribution in [0.5, 0.6) is 0 Å². The van der Waals surface area contributed by atoms with Crippen LogP contribution in [0.3, 0.4) is 0 Å². The van der Waals surface area contributed by atoms with Gasteiger partial charge in [-0.2, -0.15) is 0 Å². The molecule has 0 saturated heterocycles. The van der Waals surface area contributed by atoms with E-state index >= 15 is 0 Å². The van der Waals surface area contributed by atoms with Crippen molar-refractivity contribution in [2.45, 2.75) is 89.9 Å². The number of hydrogen-bond acceptors (Lipinski definition) is 5. The lowest BCUT2D eigenvalue weighted by Crippen LogP contribution is -2.62. The Labute approximate surface area is 203 Å². The van der Waals surface area contributed by atoms with Gasteiger partial charge in [-0.1, -0.05) is 13.8 Å². The minimum absolute atomic E-state index is 0.148. The predicted molar refractivity (Wildman–Crippen MR) is 128 cm³/mol. The quantitative estimate of drug-likeness (QED) is 0.643. The summed E-state index contributed by atoms with van der Waals surface area (Å²) in [5.74, 6) is 1.71. The number of aromatic nitrogens is 2. The van der Waals surface area contributed by atoms with Crippen LogP contribution in [0.2, 0.25) is 0 Å². The summed E-state index contributed by atoms with van der Waals surface area (Å²) >= 11 is 0. The molecule has 2 heterocycles. The number of nitrogens with zero attached hydrogens (tertiary/aromatic N) is 2. The summed E-state index contributed by atoms with van der Waals surface area (Å²) in [6, 6.07) is 0. The van der Waals surface area contributed by atoms with E-state index in [1.54, 1.807) is 6.08 Å². The van der Waals surface area contributed by atoms with E-state index < -0.39 is 5.60 Å². The average Bonchev–Trinajstić information content (AvgIpc) is 3.54. The average molecular weight is 469 g/mol. The molecule has 0 aromatic carbocycles. The van der Waals surface area contributed by atoms with Crippen LogP contribution in [0.4, 0.5) is 0 Å². The van der Waals surface area contributed by atoms with E-state index in [0.717, 1.165) is 57.2 Å². The number of carbonyl (C=O) groups excluding carboxylic acids is 1. The summed E-state index contributed by atoms with van der Waals surface area (Å²) in [5, 5.41) is 12.3. The monoisotopic (exact) mass is 468 g/mol. The fourth-order valence-electron chi connectivity index (χ4n) is 9.27. The Morgan fingerprint density at radius 1 is 1.15 bits per heavy atom. The second-order valence-electron chi connectivity index (χ2n) is 12.4. The Balaban J connectivity index is 1.15. The van der Waals surface area contributed by atoms with E-state index in [-0.39, 0.29) is 17.3 Å². The third-order valence-electron chi connectivity index (χ3n) is 11.2. The molecule has 1 aromatic rings. The van der Waals surface area contributed by atoms with Crippen LogP contribution in [0, 0.1) is 34.5 Å². The van der Waals surface area contributed by atoms with Crippen molar-refractivity contribution < 1.29 is 19.4 Å². The molecule has 186 valence electrons. The third-order valence-corrected chi connectivity index (χ3v) is 11.2. The first-order valence-electron chi connectivity index (χ1n) is 13.5. The van der Waals surface area contributed by atoms with Gasteiger partial charge in [0, 0.05) is 30.4 Å². The highest BCUT2D eigenvalue weighted by Crippen LogP contribution is 2.70. The maximum atomic E-state index is 12.3. The maximum absolute atomic E-state index is 12.3. The van der Waals surface area contributed by atoms with Gasteiger partial charge in [-0.25, -0.2) is 9.78 Å². The Morgan fingerprint density at radius 2 is 2.03 bits per heavy atom. The summed E-state index contributed by atoms with van der Waals surface area (Å²) < 4.78 is 13.7. The summed E-state index contributed by atoms with van der Waals surface area (Å²) in [4.78, 5) is 15.9. The molecule has 34 heavy (non-hydrogen) atoms. The van der Waals surface area contributed by atoms with Gasteiger partial charge < -0.3 is 19.1 Å². The van der Waals surface area contributed by atoms with Gasteiger partial charge in [-0.15, -0.1) is 0 Å². The number of ether oxygens (including phenoxy) is 2. The molecule has 4 fully saturated rings. The van der Waals surface area contributed by atoms with Crippen molar-refractivity contribution in [2.75, 3.05) is 13.2 Å². The molecule has 1 N–H and O–H groups in total. The minimum Gasteiger partial charge on any atom is -0.458 e. The topological polar surface area (TPSA) is 73.6 Å². The van der Waals surface area contributed by atoms with E-state index in [9.17, 15) is 9.90 Å². The van der Waals surface area contributed by atoms with Gasteiger partial charge in [-0.05, 0) is 92.4 Å². The predicted octanol–water partition coefficient (Wildman–Crippen LogP) is 4.53. The van der Waals surface area contributed by atoms with Crippen molar-refractivity contribution >= 4 is 5.97 Å². The number of cyclic esters (lactones) is 1. The molecule has 4 aliphatic carbocycles. The zero-order valence-corrected chi connectivity index (χ0v) is 20.7. The Morgan fingerprint density at radius 3 is 2.79 bits per heavy atom. The number of rotatable bonds is 5. The number of esters is 1. The largest absolute Gasteiger partial charge is 0.458 e. The van der Waals surface area contributed by atoms with Crippen molar-refractivity contribution in [1.82, 2.24) is 9.55 Å². The lowest BCUT2D eigenvalue weighted by atomic mass is 9.43. The molecular formula is C28H40N2O4. The van der Waals surface area contributed by atoms with Gasteiger partial charge in [0.05, 0.1) is 24.6 Å². The lowest BCUT2D eigenvalue weighted by Gasteiger charge is -2.63. The molecule has 1 aliphatic heterocycles. The van der Waals surface area contributed by atoms with Crippen LogP contribution >= 0.6 is 0 Å². The van der Waals surface area contributed by atoms with Crippen molar-refractivity contribution in [2.24, 2.45) is 34.5 Å². The Bertz CT molecular complexity index is 960. The van der Waals surface area contributed by atoms with Crippen molar-refractivity contribution in [3.8, 4) is 0 Å². The first-order chi connectivity index (χ1) is 16.3. The first-order valence-corrected chi connectivity index (χ1v) is 13.5. The van der Waals surface area contributed by atoms with E-state index in [0.29, 0.717) is 35.9 Å². The molecule has 6 heteroatoms. The highest BCUT2D eigenvalue weighted by atomic mass is 16.5. The molecule has 0 spiro atoms. The number of fused-ring (bicyclic) bond motifs is 5. The van der Waals surface area contributed by atoms with Crippen molar-refractivity contribution in [3.05, 3.63) is 30.4 Å². The highest BCUT2D eigenvalue weighted by Gasteiger charge is 2.67.